The Balaban J connectivity index is 1.95. The van der Waals surface area contributed by atoms with Gasteiger partial charge in [0.25, 0.3) is 0 Å². The molecule has 0 saturated heterocycles. The van der Waals surface area contributed by atoms with Crippen molar-refractivity contribution < 1.29 is 0 Å². The van der Waals surface area contributed by atoms with Crippen LogP contribution in [0.15, 0.2) is 12.3 Å². The average molecular weight is 291 g/mol. The third-order valence-electron chi connectivity index (χ3n) is 4.51. The SMILES string of the molecule is CCC1CCC(CNc2nccc(C)c2C(N)=S)CC1. The van der Waals surface area contributed by atoms with E-state index in [4.69, 9.17) is 18.0 Å². The average Bonchev–Trinajstić information content (AvgIpc) is 2.45. The van der Waals surface area contributed by atoms with Crippen LogP contribution in [-0.4, -0.2) is 16.5 Å². The molecule has 3 N–H and O–H groups in total. The van der Waals surface area contributed by atoms with Gasteiger partial charge in [-0.2, -0.15) is 0 Å². The predicted molar refractivity (Wildman–Crippen MR) is 89.1 cm³/mol. The first-order valence-electron chi connectivity index (χ1n) is 7.61. The van der Waals surface area contributed by atoms with Crippen LogP contribution >= 0.6 is 12.2 Å². The van der Waals surface area contributed by atoms with Gasteiger partial charge in [-0.15, -0.1) is 0 Å². The number of anilines is 1. The van der Waals surface area contributed by atoms with Crippen LogP contribution in [0.1, 0.15) is 50.2 Å². The van der Waals surface area contributed by atoms with Gasteiger partial charge in [-0.05, 0) is 43.2 Å². The maximum atomic E-state index is 5.81. The Morgan fingerprint density at radius 1 is 1.35 bits per heavy atom. The summed E-state index contributed by atoms with van der Waals surface area (Å²) in [5, 5.41) is 3.46. The molecule has 20 heavy (non-hydrogen) atoms. The normalized spacial score (nSPS) is 22.5. The largest absolute Gasteiger partial charge is 0.389 e. The number of nitrogens with two attached hydrogens (primary N) is 1. The fraction of sp³-hybridized carbons (Fsp3) is 0.625. The minimum Gasteiger partial charge on any atom is -0.389 e. The van der Waals surface area contributed by atoms with E-state index >= 15 is 0 Å². The Labute approximate surface area is 127 Å². The van der Waals surface area contributed by atoms with E-state index in [-0.39, 0.29) is 0 Å². The van der Waals surface area contributed by atoms with Crippen LogP contribution in [0.5, 0.6) is 0 Å². The van der Waals surface area contributed by atoms with Crippen LogP contribution in [0.25, 0.3) is 0 Å². The quantitative estimate of drug-likeness (QED) is 0.813. The van der Waals surface area contributed by atoms with Crippen LogP contribution in [0, 0.1) is 18.8 Å². The minimum atomic E-state index is 0.424. The molecular weight excluding hydrogens is 266 g/mol. The molecule has 1 aromatic rings. The maximum absolute atomic E-state index is 5.81. The number of hydrogen-bond acceptors (Lipinski definition) is 3. The smallest absolute Gasteiger partial charge is 0.136 e. The van der Waals surface area contributed by atoms with Crippen molar-refractivity contribution in [3.63, 3.8) is 0 Å². The van der Waals surface area contributed by atoms with Crippen molar-refractivity contribution in [2.45, 2.75) is 46.0 Å². The van der Waals surface area contributed by atoms with Crippen molar-refractivity contribution in [3.8, 4) is 0 Å². The lowest BCUT2D eigenvalue weighted by molar-refractivity contribution is 0.278. The highest BCUT2D eigenvalue weighted by Crippen LogP contribution is 2.30. The Hall–Kier alpha value is -1.16. The summed E-state index contributed by atoms with van der Waals surface area (Å²) in [5.74, 6) is 2.53. The minimum absolute atomic E-state index is 0.424. The molecule has 1 fully saturated rings. The third kappa shape index (κ3) is 3.69. The summed E-state index contributed by atoms with van der Waals surface area (Å²) in [6, 6.07) is 1.95. The third-order valence-corrected chi connectivity index (χ3v) is 4.71. The first kappa shape index (κ1) is 15.2. The number of pyridine rings is 1. The molecule has 4 heteroatoms. The number of rotatable bonds is 5. The highest BCUT2D eigenvalue weighted by Gasteiger charge is 2.20. The molecule has 0 spiro atoms. The topological polar surface area (TPSA) is 50.9 Å². The Morgan fingerprint density at radius 3 is 2.60 bits per heavy atom. The number of aromatic nitrogens is 1. The van der Waals surface area contributed by atoms with Crippen molar-refractivity contribution in [3.05, 3.63) is 23.4 Å². The van der Waals surface area contributed by atoms with Gasteiger partial charge in [0.15, 0.2) is 0 Å². The van der Waals surface area contributed by atoms with E-state index in [1.165, 1.54) is 32.1 Å². The Kier molecular flexibility index (Phi) is 5.35. The van der Waals surface area contributed by atoms with Crippen molar-refractivity contribution in [1.82, 2.24) is 4.98 Å². The highest BCUT2D eigenvalue weighted by molar-refractivity contribution is 7.80. The second-order valence-electron chi connectivity index (χ2n) is 5.89. The number of nitrogens with one attached hydrogen (secondary N) is 1. The zero-order valence-electron chi connectivity index (χ0n) is 12.5. The van der Waals surface area contributed by atoms with Crippen molar-refractivity contribution in [2.24, 2.45) is 17.6 Å². The molecular formula is C16H25N3S. The highest BCUT2D eigenvalue weighted by atomic mass is 32.1. The predicted octanol–water partition coefficient (Wildman–Crippen LogP) is 3.65. The summed E-state index contributed by atoms with van der Waals surface area (Å²) in [6.45, 7) is 5.30. The first-order chi connectivity index (χ1) is 9.61. The van der Waals surface area contributed by atoms with Crippen LogP contribution in [-0.2, 0) is 0 Å². The fourth-order valence-electron chi connectivity index (χ4n) is 3.09. The van der Waals surface area contributed by atoms with Gasteiger partial charge in [0, 0.05) is 12.7 Å². The molecule has 2 rings (SSSR count). The van der Waals surface area contributed by atoms with E-state index < -0.39 is 0 Å². The molecule has 0 bridgehead atoms. The summed E-state index contributed by atoms with van der Waals surface area (Å²) < 4.78 is 0. The van der Waals surface area contributed by atoms with E-state index in [9.17, 15) is 0 Å². The van der Waals surface area contributed by atoms with Crippen molar-refractivity contribution >= 4 is 23.0 Å². The van der Waals surface area contributed by atoms with Crippen LogP contribution < -0.4 is 11.1 Å². The van der Waals surface area contributed by atoms with Crippen LogP contribution in [0.4, 0.5) is 5.82 Å². The van der Waals surface area contributed by atoms with Gasteiger partial charge in [0.05, 0.1) is 5.56 Å². The van der Waals surface area contributed by atoms with E-state index in [0.717, 1.165) is 35.3 Å². The fourth-order valence-corrected chi connectivity index (χ4v) is 3.35. The van der Waals surface area contributed by atoms with Gasteiger partial charge >= 0.3 is 0 Å². The molecule has 0 radical (unpaired) electrons. The molecule has 0 aromatic carbocycles. The summed E-state index contributed by atoms with van der Waals surface area (Å²) in [4.78, 5) is 4.82. The van der Waals surface area contributed by atoms with Gasteiger partial charge in [-0.1, -0.05) is 38.4 Å². The number of thiocarbonyl (C=S) groups is 1. The molecule has 0 aliphatic heterocycles. The molecule has 110 valence electrons. The zero-order chi connectivity index (χ0) is 14.5. The van der Waals surface area contributed by atoms with Crippen LogP contribution in [0.2, 0.25) is 0 Å². The maximum Gasteiger partial charge on any atom is 0.136 e. The van der Waals surface area contributed by atoms with Crippen LogP contribution in [0.3, 0.4) is 0 Å². The Bertz CT molecular complexity index is 465. The number of aryl methyl sites for hydroxylation is 1. The molecule has 1 saturated carbocycles. The Morgan fingerprint density at radius 2 is 2.00 bits per heavy atom. The van der Waals surface area contributed by atoms with Gasteiger partial charge in [0.2, 0.25) is 0 Å². The van der Waals surface area contributed by atoms with Gasteiger partial charge < -0.3 is 11.1 Å². The summed E-state index contributed by atoms with van der Waals surface area (Å²) in [6.07, 6.45) is 8.51. The summed E-state index contributed by atoms with van der Waals surface area (Å²) in [5.41, 5.74) is 7.79. The lowest BCUT2D eigenvalue weighted by Gasteiger charge is -2.28. The van der Waals surface area contributed by atoms with Crippen molar-refractivity contribution in [2.75, 3.05) is 11.9 Å². The summed E-state index contributed by atoms with van der Waals surface area (Å²) >= 11 is 5.14. The lowest BCUT2D eigenvalue weighted by Crippen LogP contribution is -2.23. The van der Waals surface area contributed by atoms with E-state index in [0.29, 0.717) is 4.99 Å². The molecule has 1 aromatic heterocycles. The first-order valence-corrected chi connectivity index (χ1v) is 8.02. The molecule has 0 unspecified atom stereocenters. The zero-order valence-corrected chi connectivity index (χ0v) is 13.3. The summed E-state index contributed by atoms with van der Waals surface area (Å²) in [7, 11) is 0. The van der Waals surface area contributed by atoms with Gasteiger partial charge in [0.1, 0.15) is 10.8 Å². The van der Waals surface area contributed by atoms with Crippen molar-refractivity contribution in [1.29, 1.82) is 0 Å². The molecule has 0 amide bonds. The van der Waals surface area contributed by atoms with Gasteiger partial charge in [-0.25, -0.2) is 4.98 Å². The molecule has 1 aliphatic rings. The van der Waals surface area contributed by atoms with E-state index in [2.05, 4.69) is 17.2 Å². The monoisotopic (exact) mass is 291 g/mol. The lowest BCUT2D eigenvalue weighted by atomic mass is 9.81. The number of hydrogen-bond donors (Lipinski definition) is 2. The molecule has 1 aliphatic carbocycles. The molecule has 1 heterocycles. The molecule has 0 atom stereocenters. The molecule has 3 nitrogen and oxygen atoms in total. The van der Waals surface area contributed by atoms with Gasteiger partial charge in [-0.3, -0.25) is 0 Å². The standard InChI is InChI=1S/C16H25N3S/c1-3-12-4-6-13(7-5-12)10-19-16-14(15(17)20)11(2)8-9-18-16/h8-9,12-13H,3-7,10H2,1-2H3,(H2,17,20)(H,18,19). The van der Waals surface area contributed by atoms with E-state index in [1.807, 2.05) is 19.2 Å². The second-order valence-corrected chi connectivity index (χ2v) is 6.33. The second kappa shape index (κ2) is 7.02. The number of nitrogens with zero attached hydrogens (tertiary/aromatic N) is 1. The van der Waals surface area contributed by atoms with E-state index in [1.54, 1.807) is 0 Å².